The van der Waals surface area contributed by atoms with Gasteiger partial charge in [0.25, 0.3) is 0 Å². The SMILES string of the molecule is C=C(OCC)c1cc(C(=O)O)ccc1Cl. The predicted octanol–water partition coefficient (Wildman–Crippen LogP) is 3.05. The lowest BCUT2D eigenvalue weighted by atomic mass is 10.1. The van der Waals surface area contributed by atoms with Gasteiger partial charge in [-0.2, -0.15) is 0 Å². The highest BCUT2D eigenvalue weighted by molar-refractivity contribution is 6.32. The molecule has 0 fully saturated rings. The molecule has 1 rings (SSSR count). The highest BCUT2D eigenvalue weighted by Crippen LogP contribution is 2.24. The maximum atomic E-state index is 10.7. The highest BCUT2D eigenvalue weighted by Gasteiger charge is 2.10. The monoisotopic (exact) mass is 226 g/mol. The number of rotatable bonds is 4. The molecule has 0 aliphatic carbocycles. The number of carbonyl (C=O) groups is 1. The Labute approximate surface area is 92.9 Å². The summed E-state index contributed by atoms with van der Waals surface area (Å²) in [7, 11) is 0. The molecule has 0 atom stereocenters. The van der Waals surface area contributed by atoms with Gasteiger partial charge in [0.05, 0.1) is 17.2 Å². The minimum absolute atomic E-state index is 0.162. The molecule has 0 saturated carbocycles. The second-order valence-electron chi connectivity index (χ2n) is 2.86. The topological polar surface area (TPSA) is 46.5 Å². The average molecular weight is 227 g/mol. The van der Waals surface area contributed by atoms with Crippen LogP contribution in [0.4, 0.5) is 0 Å². The smallest absolute Gasteiger partial charge is 0.335 e. The molecule has 0 spiro atoms. The van der Waals surface area contributed by atoms with Crippen molar-refractivity contribution in [1.82, 2.24) is 0 Å². The van der Waals surface area contributed by atoms with Crippen LogP contribution >= 0.6 is 11.6 Å². The molecule has 0 amide bonds. The molecule has 0 bridgehead atoms. The van der Waals surface area contributed by atoms with Crippen LogP contribution in [-0.2, 0) is 4.74 Å². The number of ether oxygens (including phenoxy) is 1. The van der Waals surface area contributed by atoms with Gasteiger partial charge in [0.1, 0.15) is 5.76 Å². The zero-order valence-electron chi connectivity index (χ0n) is 8.29. The summed E-state index contributed by atoms with van der Waals surface area (Å²) in [6, 6.07) is 4.40. The maximum Gasteiger partial charge on any atom is 0.335 e. The fourth-order valence-corrected chi connectivity index (χ4v) is 1.35. The summed E-state index contributed by atoms with van der Waals surface area (Å²) in [4.78, 5) is 10.7. The Morgan fingerprint density at radius 1 is 1.60 bits per heavy atom. The van der Waals surface area contributed by atoms with Crippen molar-refractivity contribution in [3.05, 3.63) is 40.9 Å². The molecule has 15 heavy (non-hydrogen) atoms. The summed E-state index contributed by atoms with van der Waals surface area (Å²) < 4.78 is 5.17. The summed E-state index contributed by atoms with van der Waals surface area (Å²) in [6.45, 7) is 5.96. The third kappa shape index (κ3) is 2.73. The van der Waals surface area contributed by atoms with Gasteiger partial charge in [0.2, 0.25) is 0 Å². The van der Waals surface area contributed by atoms with Crippen LogP contribution < -0.4 is 0 Å². The molecule has 0 saturated heterocycles. The molecule has 0 radical (unpaired) electrons. The van der Waals surface area contributed by atoms with E-state index < -0.39 is 5.97 Å². The van der Waals surface area contributed by atoms with Gasteiger partial charge >= 0.3 is 5.97 Å². The number of halogens is 1. The van der Waals surface area contributed by atoms with E-state index in [2.05, 4.69) is 6.58 Å². The zero-order valence-corrected chi connectivity index (χ0v) is 9.04. The third-order valence-electron chi connectivity index (χ3n) is 1.83. The van der Waals surface area contributed by atoms with Crippen molar-refractivity contribution in [3.8, 4) is 0 Å². The van der Waals surface area contributed by atoms with E-state index in [1.807, 2.05) is 6.92 Å². The highest BCUT2D eigenvalue weighted by atomic mass is 35.5. The molecule has 0 aromatic heterocycles. The van der Waals surface area contributed by atoms with E-state index in [9.17, 15) is 4.79 Å². The van der Waals surface area contributed by atoms with Crippen LogP contribution in [0.3, 0.4) is 0 Å². The lowest BCUT2D eigenvalue weighted by molar-refractivity contribution is 0.0697. The average Bonchev–Trinajstić information content (AvgIpc) is 2.18. The van der Waals surface area contributed by atoms with Crippen LogP contribution in [-0.4, -0.2) is 17.7 Å². The van der Waals surface area contributed by atoms with Crippen molar-refractivity contribution < 1.29 is 14.6 Å². The predicted molar refractivity (Wildman–Crippen MR) is 59.1 cm³/mol. The number of carboxylic acid groups (broad SMARTS) is 1. The van der Waals surface area contributed by atoms with Crippen LogP contribution in [0.25, 0.3) is 5.76 Å². The van der Waals surface area contributed by atoms with Crippen LogP contribution in [0, 0.1) is 0 Å². The Morgan fingerprint density at radius 2 is 2.27 bits per heavy atom. The van der Waals surface area contributed by atoms with Crippen LogP contribution in [0.1, 0.15) is 22.8 Å². The molecule has 4 heteroatoms. The molecule has 3 nitrogen and oxygen atoms in total. The van der Waals surface area contributed by atoms with Gasteiger partial charge in [0, 0.05) is 5.56 Å². The molecule has 0 unspecified atom stereocenters. The quantitative estimate of drug-likeness (QED) is 0.803. The van der Waals surface area contributed by atoms with Crippen molar-refractivity contribution >= 4 is 23.3 Å². The molecule has 1 aromatic carbocycles. The summed E-state index contributed by atoms with van der Waals surface area (Å²) in [6.07, 6.45) is 0. The van der Waals surface area contributed by atoms with Gasteiger partial charge in [-0.05, 0) is 25.1 Å². The number of aromatic carboxylic acids is 1. The molecular formula is C11H11ClO3. The Morgan fingerprint density at radius 3 is 2.80 bits per heavy atom. The first-order valence-corrected chi connectivity index (χ1v) is 4.79. The Hall–Kier alpha value is -1.48. The fourth-order valence-electron chi connectivity index (χ4n) is 1.12. The summed E-state index contributed by atoms with van der Waals surface area (Å²) >= 11 is 5.90. The molecule has 80 valence electrons. The van der Waals surface area contributed by atoms with Crippen molar-refractivity contribution in [2.45, 2.75) is 6.92 Å². The molecule has 1 aromatic rings. The van der Waals surface area contributed by atoms with E-state index >= 15 is 0 Å². The normalized spacial score (nSPS) is 9.73. The Kier molecular flexibility index (Phi) is 3.74. The maximum absolute atomic E-state index is 10.7. The summed E-state index contributed by atoms with van der Waals surface area (Å²) in [5.41, 5.74) is 0.675. The van der Waals surface area contributed by atoms with E-state index in [1.54, 1.807) is 0 Å². The van der Waals surface area contributed by atoms with E-state index in [0.29, 0.717) is 23.0 Å². The van der Waals surface area contributed by atoms with Gasteiger partial charge in [-0.25, -0.2) is 4.79 Å². The van der Waals surface area contributed by atoms with E-state index in [0.717, 1.165) is 0 Å². The van der Waals surface area contributed by atoms with Crippen LogP contribution in [0.15, 0.2) is 24.8 Å². The summed E-state index contributed by atoms with van der Waals surface area (Å²) in [5, 5.41) is 9.23. The molecule has 0 heterocycles. The van der Waals surface area contributed by atoms with Gasteiger partial charge in [-0.3, -0.25) is 0 Å². The zero-order chi connectivity index (χ0) is 11.4. The summed E-state index contributed by atoms with van der Waals surface area (Å²) in [5.74, 6) is -0.622. The Balaban J connectivity index is 3.10. The number of benzene rings is 1. The second kappa shape index (κ2) is 4.84. The van der Waals surface area contributed by atoms with E-state index in [-0.39, 0.29) is 5.56 Å². The van der Waals surface area contributed by atoms with Gasteiger partial charge < -0.3 is 9.84 Å². The van der Waals surface area contributed by atoms with E-state index in [1.165, 1.54) is 18.2 Å². The first-order chi connectivity index (χ1) is 7.06. The minimum Gasteiger partial charge on any atom is -0.494 e. The number of hydrogen-bond donors (Lipinski definition) is 1. The van der Waals surface area contributed by atoms with Crippen molar-refractivity contribution in [3.63, 3.8) is 0 Å². The standard InChI is InChI=1S/C11H11ClO3/c1-3-15-7(2)9-6-8(11(13)14)4-5-10(9)12/h4-6H,2-3H2,1H3,(H,13,14). The molecule has 0 aliphatic rings. The first kappa shape index (κ1) is 11.6. The molecule has 1 N–H and O–H groups in total. The second-order valence-corrected chi connectivity index (χ2v) is 3.26. The molecular weight excluding hydrogens is 216 g/mol. The number of hydrogen-bond acceptors (Lipinski definition) is 2. The van der Waals surface area contributed by atoms with E-state index in [4.69, 9.17) is 21.4 Å². The lowest BCUT2D eigenvalue weighted by Gasteiger charge is -2.09. The van der Waals surface area contributed by atoms with Crippen molar-refractivity contribution in [2.24, 2.45) is 0 Å². The Bertz CT molecular complexity index is 399. The largest absolute Gasteiger partial charge is 0.494 e. The van der Waals surface area contributed by atoms with Gasteiger partial charge in [-0.1, -0.05) is 18.2 Å². The van der Waals surface area contributed by atoms with Crippen molar-refractivity contribution in [1.29, 1.82) is 0 Å². The first-order valence-electron chi connectivity index (χ1n) is 4.41. The number of carboxylic acids is 1. The van der Waals surface area contributed by atoms with Gasteiger partial charge in [-0.15, -0.1) is 0 Å². The van der Waals surface area contributed by atoms with Crippen LogP contribution in [0.2, 0.25) is 5.02 Å². The minimum atomic E-state index is -1.00. The molecule has 0 aliphatic heterocycles. The van der Waals surface area contributed by atoms with Gasteiger partial charge in [0.15, 0.2) is 0 Å². The van der Waals surface area contributed by atoms with Crippen LogP contribution in [0.5, 0.6) is 0 Å². The van der Waals surface area contributed by atoms with Crippen molar-refractivity contribution in [2.75, 3.05) is 6.61 Å². The third-order valence-corrected chi connectivity index (χ3v) is 2.16. The fraction of sp³-hybridized carbons (Fsp3) is 0.182. The lowest BCUT2D eigenvalue weighted by Crippen LogP contribution is -1.99.